The van der Waals surface area contributed by atoms with Gasteiger partial charge in [0.15, 0.2) is 0 Å². The Balaban J connectivity index is 1.55. The molecule has 1 fully saturated rings. The highest BCUT2D eigenvalue weighted by Gasteiger charge is 2.45. The van der Waals surface area contributed by atoms with Gasteiger partial charge in [-0.25, -0.2) is 9.97 Å². The van der Waals surface area contributed by atoms with Crippen LogP contribution in [0.25, 0.3) is 11.1 Å². The van der Waals surface area contributed by atoms with E-state index in [9.17, 15) is 9.59 Å². The molecule has 1 saturated heterocycles. The lowest BCUT2D eigenvalue weighted by Crippen LogP contribution is -2.44. The van der Waals surface area contributed by atoms with E-state index in [4.69, 9.17) is 0 Å². The number of nitrogens with one attached hydrogen (secondary N) is 1. The summed E-state index contributed by atoms with van der Waals surface area (Å²) in [4.78, 5) is 38.2. The molecule has 0 spiro atoms. The Labute approximate surface area is 194 Å². The van der Waals surface area contributed by atoms with Crippen molar-refractivity contribution in [2.24, 2.45) is 5.41 Å². The SMILES string of the molecule is CNC(=O)[C@]1(Cc2cccc(-c3ccccc3)c2)CCN(C(=O)c2cnc(N(C)C)nc2)C1. The highest BCUT2D eigenvalue weighted by molar-refractivity contribution is 5.95. The van der Waals surface area contributed by atoms with Crippen molar-refractivity contribution in [2.45, 2.75) is 12.8 Å². The minimum absolute atomic E-state index is 0.0397. The zero-order valence-electron chi connectivity index (χ0n) is 19.3. The van der Waals surface area contributed by atoms with Gasteiger partial charge in [0.2, 0.25) is 11.9 Å². The summed E-state index contributed by atoms with van der Waals surface area (Å²) in [6.07, 6.45) is 4.26. The molecule has 2 heterocycles. The van der Waals surface area contributed by atoms with E-state index in [0.717, 1.165) is 16.7 Å². The van der Waals surface area contributed by atoms with E-state index in [1.807, 2.05) is 38.4 Å². The molecule has 2 amide bonds. The van der Waals surface area contributed by atoms with E-state index in [1.165, 1.54) is 0 Å². The van der Waals surface area contributed by atoms with Crippen molar-refractivity contribution >= 4 is 17.8 Å². The standard InChI is InChI=1S/C26H29N5O2/c1-27-24(33)26(15-19-8-7-11-21(14-19)20-9-5-4-6-10-20)12-13-31(18-26)23(32)22-16-28-25(29-17-22)30(2)3/h4-11,14,16-17H,12-13,15,18H2,1-3H3,(H,27,33)/t26-/m0/s1. The second-order valence-electron chi connectivity index (χ2n) is 8.75. The number of likely N-dealkylation sites (tertiary alicyclic amines) is 1. The molecular weight excluding hydrogens is 414 g/mol. The third-order valence-corrected chi connectivity index (χ3v) is 6.21. The first-order valence-electron chi connectivity index (χ1n) is 11.1. The van der Waals surface area contributed by atoms with Crippen LogP contribution in [0.2, 0.25) is 0 Å². The van der Waals surface area contributed by atoms with Crippen LogP contribution < -0.4 is 10.2 Å². The van der Waals surface area contributed by atoms with Gasteiger partial charge in [0.1, 0.15) is 0 Å². The van der Waals surface area contributed by atoms with Gasteiger partial charge in [0, 0.05) is 46.6 Å². The second kappa shape index (κ2) is 9.40. The van der Waals surface area contributed by atoms with Gasteiger partial charge < -0.3 is 15.1 Å². The molecule has 4 rings (SSSR count). The fraction of sp³-hybridized carbons (Fsp3) is 0.308. The highest BCUT2D eigenvalue weighted by Crippen LogP contribution is 2.36. The first kappa shape index (κ1) is 22.5. The second-order valence-corrected chi connectivity index (χ2v) is 8.75. The van der Waals surface area contributed by atoms with Crippen LogP contribution in [0.1, 0.15) is 22.3 Å². The third kappa shape index (κ3) is 4.72. The largest absolute Gasteiger partial charge is 0.359 e. The van der Waals surface area contributed by atoms with Crippen LogP contribution >= 0.6 is 0 Å². The first-order valence-corrected chi connectivity index (χ1v) is 11.1. The maximum Gasteiger partial charge on any atom is 0.257 e. The third-order valence-electron chi connectivity index (χ3n) is 6.21. The van der Waals surface area contributed by atoms with Gasteiger partial charge in [-0.1, -0.05) is 54.6 Å². The van der Waals surface area contributed by atoms with Crippen molar-refractivity contribution in [3.63, 3.8) is 0 Å². The monoisotopic (exact) mass is 443 g/mol. The maximum absolute atomic E-state index is 13.1. The van der Waals surface area contributed by atoms with Crippen LogP contribution in [-0.4, -0.2) is 60.9 Å². The Kier molecular flexibility index (Phi) is 6.40. The minimum Gasteiger partial charge on any atom is -0.359 e. The van der Waals surface area contributed by atoms with Gasteiger partial charge in [0.05, 0.1) is 11.0 Å². The topological polar surface area (TPSA) is 78.4 Å². The molecule has 7 nitrogen and oxygen atoms in total. The Hall–Kier alpha value is -3.74. The number of hydrogen-bond donors (Lipinski definition) is 1. The van der Waals surface area contributed by atoms with Gasteiger partial charge in [-0.15, -0.1) is 0 Å². The molecule has 0 saturated carbocycles. The lowest BCUT2D eigenvalue weighted by Gasteiger charge is -2.28. The Morgan fingerprint density at radius 2 is 1.73 bits per heavy atom. The Bertz CT molecular complexity index is 1130. The van der Waals surface area contributed by atoms with Crippen molar-refractivity contribution in [1.82, 2.24) is 20.2 Å². The van der Waals surface area contributed by atoms with Gasteiger partial charge in [0.25, 0.3) is 5.91 Å². The lowest BCUT2D eigenvalue weighted by atomic mass is 9.79. The molecule has 2 aromatic carbocycles. The maximum atomic E-state index is 13.1. The summed E-state index contributed by atoms with van der Waals surface area (Å²) < 4.78 is 0. The van der Waals surface area contributed by atoms with Gasteiger partial charge in [-0.2, -0.15) is 0 Å². The summed E-state index contributed by atoms with van der Waals surface area (Å²) in [5.41, 5.74) is 3.08. The number of amides is 2. The molecule has 1 aliphatic heterocycles. The number of carbonyl (C=O) groups excluding carboxylic acids is 2. The summed E-state index contributed by atoms with van der Waals surface area (Å²) in [6.45, 7) is 0.872. The minimum atomic E-state index is -0.676. The predicted molar refractivity (Wildman–Crippen MR) is 129 cm³/mol. The highest BCUT2D eigenvalue weighted by atomic mass is 16.2. The molecule has 7 heteroatoms. The van der Waals surface area contributed by atoms with Gasteiger partial charge >= 0.3 is 0 Å². The molecule has 0 unspecified atom stereocenters. The molecule has 1 atom stereocenters. The number of anilines is 1. The number of aromatic nitrogens is 2. The van der Waals surface area contributed by atoms with Crippen LogP contribution in [0.3, 0.4) is 0 Å². The Morgan fingerprint density at radius 1 is 1.03 bits per heavy atom. The van der Waals surface area contributed by atoms with Gasteiger partial charge in [-0.3, -0.25) is 9.59 Å². The number of hydrogen-bond acceptors (Lipinski definition) is 5. The fourth-order valence-corrected chi connectivity index (χ4v) is 4.45. The molecule has 0 bridgehead atoms. The van der Waals surface area contributed by atoms with E-state index in [-0.39, 0.29) is 11.8 Å². The number of nitrogens with zero attached hydrogens (tertiary/aromatic N) is 4. The van der Waals surface area contributed by atoms with Crippen molar-refractivity contribution < 1.29 is 9.59 Å². The Morgan fingerprint density at radius 3 is 2.39 bits per heavy atom. The molecular formula is C26H29N5O2. The quantitative estimate of drug-likeness (QED) is 0.634. The summed E-state index contributed by atoms with van der Waals surface area (Å²) in [5, 5.41) is 2.83. The molecule has 0 aliphatic carbocycles. The summed E-state index contributed by atoms with van der Waals surface area (Å²) in [6, 6.07) is 18.5. The van der Waals surface area contributed by atoms with Crippen molar-refractivity contribution in [1.29, 1.82) is 0 Å². The van der Waals surface area contributed by atoms with E-state index >= 15 is 0 Å². The van der Waals surface area contributed by atoms with Crippen LogP contribution in [0.4, 0.5) is 5.95 Å². The summed E-state index contributed by atoms with van der Waals surface area (Å²) in [7, 11) is 5.35. The average Bonchev–Trinajstić information content (AvgIpc) is 3.29. The molecule has 0 radical (unpaired) electrons. The van der Waals surface area contributed by atoms with E-state index < -0.39 is 5.41 Å². The average molecular weight is 444 g/mol. The van der Waals surface area contributed by atoms with Crippen LogP contribution in [-0.2, 0) is 11.2 Å². The molecule has 33 heavy (non-hydrogen) atoms. The zero-order chi connectivity index (χ0) is 23.4. The fourth-order valence-electron chi connectivity index (χ4n) is 4.45. The van der Waals surface area contributed by atoms with E-state index in [0.29, 0.717) is 37.4 Å². The lowest BCUT2D eigenvalue weighted by molar-refractivity contribution is -0.129. The van der Waals surface area contributed by atoms with E-state index in [1.54, 1.807) is 29.2 Å². The van der Waals surface area contributed by atoms with E-state index in [2.05, 4.69) is 45.6 Å². The predicted octanol–water partition coefficient (Wildman–Crippen LogP) is 3.03. The number of carbonyl (C=O) groups is 2. The number of benzene rings is 2. The van der Waals surface area contributed by atoms with Crippen molar-refractivity contribution in [2.75, 3.05) is 39.1 Å². The summed E-state index contributed by atoms with van der Waals surface area (Å²) in [5.74, 6) is 0.359. The van der Waals surface area contributed by atoms with Gasteiger partial charge in [-0.05, 0) is 29.5 Å². The smallest absolute Gasteiger partial charge is 0.257 e. The number of rotatable bonds is 6. The van der Waals surface area contributed by atoms with Crippen LogP contribution in [0.5, 0.6) is 0 Å². The molecule has 1 aliphatic rings. The van der Waals surface area contributed by atoms with Crippen molar-refractivity contribution in [3.8, 4) is 11.1 Å². The zero-order valence-corrected chi connectivity index (χ0v) is 19.3. The molecule has 3 aromatic rings. The molecule has 170 valence electrons. The van der Waals surface area contributed by atoms with Crippen LogP contribution in [0.15, 0.2) is 67.0 Å². The first-order chi connectivity index (χ1) is 15.9. The van der Waals surface area contributed by atoms with Crippen LogP contribution in [0, 0.1) is 5.41 Å². The molecule has 1 aromatic heterocycles. The molecule has 1 N–H and O–H groups in total. The van der Waals surface area contributed by atoms with Crippen molar-refractivity contribution in [3.05, 3.63) is 78.1 Å². The summed E-state index contributed by atoms with van der Waals surface area (Å²) >= 11 is 0. The normalized spacial score (nSPS) is 17.6.